The van der Waals surface area contributed by atoms with Gasteiger partial charge in [-0.2, -0.15) is 0 Å². The molecule has 1 atom stereocenters. The summed E-state index contributed by atoms with van der Waals surface area (Å²) >= 11 is 1.44. The number of thioether (sulfide) groups is 1. The number of carbonyl (C=O) groups excluding carboxylic acids is 1. The first-order chi connectivity index (χ1) is 11.2. The minimum Gasteiger partial charge on any atom is -0.489 e. The van der Waals surface area contributed by atoms with E-state index in [-0.39, 0.29) is 5.97 Å². The Bertz CT molecular complexity index is 641. The second-order valence-electron chi connectivity index (χ2n) is 4.76. The van der Waals surface area contributed by atoms with Crippen molar-refractivity contribution in [3.63, 3.8) is 0 Å². The lowest BCUT2D eigenvalue weighted by Gasteiger charge is -2.12. The van der Waals surface area contributed by atoms with Crippen molar-refractivity contribution in [2.24, 2.45) is 4.99 Å². The van der Waals surface area contributed by atoms with Gasteiger partial charge >= 0.3 is 5.97 Å². The van der Waals surface area contributed by atoms with E-state index in [9.17, 15) is 4.79 Å². The minimum absolute atomic E-state index is 0.381. The molecule has 0 unspecified atom stereocenters. The Kier molecular flexibility index (Phi) is 6.69. The summed E-state index contributed by atoms with van der Waals surface area (Å²) in [7, 11) is 1.36. The average Bonchev–Trinajstić information content (AvgIpc) is 2.62. The van der Waals surface area contributed by atoms with Crippen LogP contribution in [0, 0.1) is 0 Å². The van der Waals surface area contributed by atoms with Crippen LogP contribution in [0.4, 0.5) is 0 Å². The van der Waals surface area contributed by atoms with Gasteiger partial charge in [0.25, 0.3) is 0 Å². The van der Waals surface area contributed by atoms with E-state index in [0.717, 1.165) is 16.9 Å². The molecule has 0 saturated carbocycles. The number of carbonyl (C=O) groups is 1. The van der Waals surface area contributed by atoms with E-state index in [0.29, 0.717) is 6.61 Å². The van der Waals surface area contributed by atoms with Crippen LogP contribution < -0.4 is 4.74 Å². The molecule has 120 valence electrons. The first-order valence-electron chi connectivity index (χ1n) is 7.13. The van der Waals surface area contributed by atoms with Gasteiger partial charge in [0.15, 0.2) is 6.04 Å². The molecule has 2 rings (SSSR count). The number of hydrogen-bond donors (Lipinski definition) is 0. The Morgan fingerprint density at radius 3 is 2.48 bits per heavy atom. The van der Waals surface area contributed by atoms with Gasteiger partial charge in [-0.3, -0.25) is 4.99 Å². The topological polar surface area (TPSA) is 47.9 Å². The van der Waals surface area contributed by atoms with Crippen LogP contribution in [0.25, 0.3) is 0 Å². The van der Waals surface area contributed by atoms with Gasteiger partial charge in [0.2, 0.25) is 0 Å². The molecule has 0 N–H and O–H groups in total. The largest absolute Gasteiger partial charge is 0.489 e. The molecule has 5 heteroatoms. The Morgan fingerprint density at radius 1 is 1.17 bits per heavy atom. The van der Waals surface area contributed by atoms with Crippen LogP contribution in [0.3, 0.4) is 0 Å². The quantitative estimate of drug-likeness (QED) is 0.439. The molecule has 0 aliphatic carbocycles. The Hall–Kier alpha value is -2.27. The van der Waals surface area contributed by atoms with Gasteiger partial charge < -0.3 is 9.47 Å². The number of aliphatic imine (C=N–C) groups is 1. The Morgan fingerprint density at radius 2 is 1.87 bits per heavy atom. The maximum atomic E-state index is 11.8. The van der Waals surface area contributed by atoms with Gasteiger partial charge in [0.05, 0.1) is 12.7 Å². The summed E-state index contributed by atoms with van der Waals surface area (Å²) in [6.45, 7) is 0.505. The fraction of sp³-hybridized carbons (Fsp3) is 0.222. The van der Waals surface area contributed by atoms with Crippen molar-refractivity contribution in [3.8, 4) is 5.75 Å². The van der Waals surface area contributed by atoms with E-state index in [2.05, 4.69) is 4.99 Å². The number of rotatable bonds is 7. The minimum atomic E-state index is -0.643. The van der Waals surface area contributed by atoms with Crippen molar-refractivity contribution in [2.75, 3.05) is 13.4 Å². The van der Waals surface area contributed by atoms with E-state index in [4.69, 9.17) is 9.47 Å². The highest BCUT2D eigenvalue weighted by Gasteiger charge is 2.19. The average molecular weight is 329 g/mol. The number of methoxy groups -OCH3 is 1. The van der Waals surface area contributed by atoms with E-state index in [1.54, 1.807) is 5.55 Å². The molecular weight excluding hydrogens is 310 g/mol. The van der Waals surface area contributed by atoms with E-state index < -0.39 is 6.04 Å². The number of esters is 1. The maximum Gasteiger partial charge on any atom is 0.335 e. The summed E-state index contributed by atoms with van der Waals surface area (Å²) in [6, 6.07) is 16.7. The number of nitrogens with zero attached hydrogens (tertiary/aromatic N) is 1. The van der Waals surface area contributed by atoms with Crippen LogP contribution >= 0.6 is 11.8 Å². The van der Waals surface area contributed by atoms with Crippen LogP contribution in [-0.2, 0) is 16.1 Å². The molecule has 23 heavy (non-hydrogen) atoms. The molecule has 0 radical (unpaired) electrons. The third kappa shape index (κ3) is 5.14. The van der Waals surface area contributed by atoms with Crippen LogP contribution in [0.2, 0.25) is 0 Å². The highest BCUT2D eigenvalue weighted by molar-refractivity contribution is 8.11. The van der Waals surface area contributed by atoms with Gasteiger partial charge in [-0.25, -0.2) is 4.79 Å². The first-order valence-corrected chi connectivity index (χ1v) is 8.42. The third-order valence-corrected chi connectivity index (χ3v) is 3.52. The SMILES string of the molecule is COC(=O)[C@@H](N=CSC)c1ccc(OCc2ccccc2)cc1. The van der Waals surface area contributed by atoms with Crippen molar-refractivity contribution < 1.29 is 14.3 Å². The van der Waals surface area contributed by atoms with Crippen molar-refractivity contribution in [2.45, 2.75) is 12.6 Å². The van der Waals surface area contributed by atoms with E-state index in [1.165, 1.54) is 18.9 Å². The van der Waals surface area contributed by atoms with Gasteiger partial charge in [0.1, 0.15) is 12.4 Å². The Labute approximate surface area is 140 Å². The third-order valence-electron chi connectivity index (χ3n) is 3.18. The molecular formula is C18H19NO3S. The molecule has 0 bridgehead atoms. The van der Waals surface area contributed by atoms with Crippen LogP contribution in [-0.4, -0.2) is 24.9 Å². The normalized spacial score (nSPS) is 12.1. The van der Waals surface area contributed by atoms with Crippen molar-refractivity contribution in [1.82, 2.24) is 0 Å². The molecule has 0 spiro atoms. The number of ether oxygens (including phenoxy) is 2. The summed E-state index contributed by atoms with van der Waals surface area (Å²) in [5, 5.41) is 0. The van der Waals surface area contributed by atoms with Crippen molar-refractivity contribution >= 4 is 23.3 Å². The van der Waals surface area contributed by atoms with Crippen molar-refractivity contribution in [1.29, 1.82) is 0 Å². The van der Waals surface area contributed by atoms with Crippen LogP contribution in [0.1, 0.15) is 17.2 Å². The highest BCUT2D eigenvalue weighted by Crippen LogP contribution is 2.22. The standard InChI is InChI=1S/C18H19NO3S/c1-21-18(20)17(19-13-23-2)15-8-10-16(11-9-15)22-12-14-6-4-3-5-7-14/h3-11,13,17H,12H2,1-2H3/t17-/m0/s1. The zero-order valence-corrected chi connectivity index (χ0v) is 14.0. The predicted molar refractivity (Wildman–Crippen MR) is 94.0 cm³/mol. The monoisotopic (exact) mass is 329 g/mol. The second-order valence-corrected chi connectivity index (χ2v) is 5.44. The zero-order chi connectivity index (χ0) is 16.5. The number of benzene rings is 2. The molecule has 0 amide bonds. The molecule has 2 aromatic carbocycles. The highest BCUT2D eigenvalue weighted by atomic mass is 32.2. The number of hydrogen-bond acceptors (Lipinski definition) is 5. The molecule has 4 nitrogen and oxygen atoms in total. The van der Waals surface area contributed by atoms with Crippen LogP contribution in [0.15, 0.2) is 59.6 Å². The Balaban J connectivity index is 2.05. The van der Waals surface area contributed by atoms with Gasteiger partial charge in [-0.15, -0.1) is 11.8 Å². The predicted octanol–water partition coefficient (Wildman–Crippen LogP) is 3.87. The summed E-state index contributed by atoms with van der Waals surface area (Å²) in [6.07, 6.45) is 1.89. The van der Waals surface area contributed by atoms with E-state index in [1.807, 2.05) is 60.9 Å². The fourth-order valence-electron chi connectivity index (χ4n) is 2.00. The second kappa shape index (κ2) is 9.00. The molecule has 0 saturated heterocycles. The first kappa shape index (κ1) is 17.1. The fourth-order valence-corrected chi connectivity index (χ4v) is 2.25. The molecule has 0 aromatic heterocycles. The summed E-state index contributed by atoms with van der Waals surface area (Å²) < 4.78 is 10.5. The zero-order valence-electron chi connectivity index (χ0n) is 13.1. The van der Waals surface area contributed by atoms with Gasteiger partial charge in [0, 0.05) is 0 Å². The smallest absolute Gasteiger partial charge is 0.335 e. The molecule has 0 aliphatic heterocycles. The summed E-state index contributed by atoms with van der Waals surface area (Å²) in [5.74, 6) is 0.364. The molecule has 0 fully saturated rings. The lowest BCUT2D eigenvalue weighted by Crippen LogP contribution is -2.12. The molecule has 0 aliphatic rings. The van der Waals surface area contributed by atoms with Gasteiger partial charge in [-0.1, -0.05) is 42.5 Å². The van der Waals surface area contributed by atoms with E-state index >= 15 is 0 Å². The summed E-state index contributed by atoms with van der Waals surface area (Å²) in [5.41, 5.74) is 3.52. The lowest BCUT2D eigenvalue weighted by molar-refractivity contribution is -0.142. The summed E-state index contributed by atoms with van der Waals surface area (Å²) in [4.78, 5) is 16.1. The van der Waals surface area contributed by atoms with Crippen LogP contribution in [0.5, 0.6) is 5.75 Å². The molecule has 2 aromatic rings. The lowest BCUT2D eigenvalue weighted by atomic mass is 10.1. The molecule has 0 heterocycles. The van der Waals surface area contributed by atoms with Gasteiger partial charge in [-0.05, 0) is 29.5 Å². The maximum absolute atomic E-state index is 11.8. The van der Waals surface area contributed by atoms with Crippen molar-refractivity contribution in [3.05, 3.63) is 65.7 Å².